The molecule has 4 rings (SSSR count). The summed E-state index contributed by atoms with van der Waals surface area (Å²) >= 11 is 0. The zero-order valence-electron chi connectivity index (χ0n) is 22.2. The van der Waals surface area contributed by atoms with Gasteiger partial charge in [-0.25, -0.2) is 21.2 Å². The van der Waals surface area contributed by atoms with Crippen molar-refractivity contribution in [3.8, 4) is 28.7 Å². The topological polar surface area (TPSA) is 157 Å². The van der Waals surface area contributed by atoms with Gasteiger partial charge in [0, 0.05) is 32.2 Å². The molecule has 2 aromatic carbocycles. The lowest BCUT2D eigenvalue weighted by Gasteiger charge is -2.20. The highest BCUT2D eigenvalue weighted by Gasteiger charge is 2.30. The first-order valence-corrected chi connectivity index (χ1v) is 15.1. The summed E-state index contributed by atoms with van der Waals surface area (Å²) in [7, 11) is -2.39. The summed E-state index contributed by atoms with van der Waals surface area (Å²) in [6.07, 6.45) is 1.31. The molecule has 0 amide bonds. The number of sulfonamides is 1. The molecule has 4 aromatic rings. The molecule has 2 aromatic heterocycles. The Morgan fingerprint density at radius 2 is 1.68 bits per heavy atom. The summed E-state index contributed by atoms with van der Waals surface area (Å²) in [5.41, 5.74) is 0.670. The third-order valence-electron chi connectivity index (χ3n) is 5.86. The van der Waals surface area contributed by atoms with Crippen LogP contribution in [-0.2, 0) is 31.6 Å². The molecule has 0 aliphatic rings. The summed E-state index contributed by atoms with van der Waals surface area (Å²) in [6, 6.07) is 9.70. The molecule has 1 N–H and O–H groups in total. The number of halogens is 1. The Bertz CT molecular complexity index is 1730. The highest BCUT2D eigenvalue weighted by Crippen LogP contribution is 2.37. The third-order valence-corrected chi connectivity index (χ3v) is 8.24. The van der Waals surface area contributed by atoms with Crippen LogP contribution in [0.25, 0.3) is 17.2 Å². The van der Waals surface area contributed by atoms with E-state index >= 15 is 0 Å². The Labute approximate surface area is 230 Å². The molecule has 0 saturated heterocycles. The van der Waals surface area contributed by atoms with E-state index in [2.05, 4.69) is 20.0 Å². The van der Waals surface area contributed by atoms with Gasteiger partial charge in [0.2, 0.25) is 16.0 Å². The Morgan fingerprint density at radius 1 is 1.00 bits per heavy atom. The normalized spacial score (nSPS) is 12.8. The largest absolute Gasteiger partial charge is 0.494 e. The molecule has 0 unspecified atom stereocenters. The highest BCUT2D eigenvalue weighted by atomic mass is 32.2. The monoisotopic (exact) mass is 594 g/mol. The molecule has 0 spiro atoms. The fraction of sp³-hybridized carbons (Fsp3) is 0.292. The molecule has 0 radical (unpaired) electrons. The maximum absolute atomic E-state index is 13.9. The maximum Gasteiger partial charge on any atom is 0.243 e. The van der Waals surface area contributed by atoms with E-state index < -0.39 is 37.5 Å². The fourth-order valence-electron chi connectivity index (χ4n) is 4.07. The van der Waals surface area contributed by atoms with Gasteiger partial charge in [0.05, 0.1) is 31.0 Å². The lowest BCUT2D eigenvalue weighted by molar-refractivity contribution is 0.119. The van der Waals surface area contributed by atoms with E-state index in [0.29, 0.717) is 22.9 Å². The van der Waals surface area contributed by atoms with E-state index in [-0.39, 0.29) is 22.2 Å². The first-order chi connectivity index (χ1) is 18.9. The van der Waals surface area contributed by atoms with Gasteiger partial charge in [-0.05, 0) is 30.3 Å². The predicted octanol–water partition coefficient (Wildman–Crippen LogP) is 2.36. The molecule has 16 heteroatoms. The van der Waals surface area contributed by atoms with Gasteiger partial charge in [-0.3, -0.25) is 14.0 Å². The van der Waals surface area contributed by atoms with Crippen LogP contribution in [0.2, 0.25) is 0 Å². The molecule has 0 saturated carbocycles. The van der Waals surface area contributed by atoms with E-state index in [1.807, 2.05) is 0 Å². The van der Waals surface area contributed by atoms with Crippen molar-refractivity contribution < 1.29 is 35.4 Å². The molecule has 13 nitrogen and oxygen atoms in total. The minimum atomic E-state index is -4.29. The minimum absolute atomic E-state index is 0.0150. The Kier molecular flexibility index (Phi) is 8.13. The summed E-state index contributed by atoms with van der Waals surface area (Å²) in [4.78, 5) is -0.381. The number of ether oxygens (including phenoxy) is 3. The summed E-state index contributed by atoms with van der Waals surface area (Å²) in [5.74, 6) is -0.901. The lowest BCUT2D eigenvalue weighted by atomic mass is 10.1. The zero-order chi connectivity index (χ0) is 29.2. The molecule has 40 heavy (non-hydrogen) atoms. The molecule has 0 aliphatic carbocycles. The van der Waals surface area contributed by atoms with Gasteiger partial charge in [0.1, 0.15) is 28.7 Å². The summed E-state index contributed by atoms with van der Waals surface area (Å²) < 4.78 is 87.1. The van der Waals surface area contributed by atoms with E-state index in [1.54, 1.807) is 42.2 Å². The number of methoxy groups -OCH3 is 3. The Balaban J connectivity index is 1.81. The van der Waals surface area contributed by atoms with Crippen molar-refractivity contribution in [3.63, 3.8) is 0 Å². The predicted molar refractivity (Wildman–Crippen MR) is 143 cm³/mol. The van der Waals surface area contributed by atoms with Crippen molar-refractivity contribution in [2.45, 2.75) is 11.0 Å². The molecule has 0 bridgehead atoms. The van der Waals surface area contributed by atoms with Crippen LogP contribution in [0, 0.1) is 5.82 Å². The van der Waals surface area contributed by atoms with Crippen molar-refractivity contribution in [2.24, 2.45) is 7.05 Å². The fourth-order valence-corrected chi connectivity index (χ4v) is 6.24. The lowest BCUT2D eigenvalue weighted by Crippen LogP contribution is -2.25. The molecule has 2 heterocycles. The van der Waals surface area contributed by atoms with Crippen LogP contribution in [0.4, 0.5) is 10.3 Å². The number of benzene rings is 2. The van der Waals surface area contributed by atoms with Gasteiger partial charge in [-0.2, -0.15) is 5.10 Å². The number of aryl methyl sites for hydroxylation is 1. The van der Waals surface area contributed by atoms with Gasteiger partial charge in [0.25, 0.3) is 0 Å². The molecular weight excluding hydrogens is 567 g/mol. The van der Waals surface area contributed by atoms with Crippen LogP contribution in [-0.4, -0.2) is 74.7 Å². The van der Waals surface area contributed by atoms with E-state index in [9.17, 15) is 21.2 Å². The number of hydrogen-bond acceptors (Lipinski definition) is 10. The number of para-hydroxylation sites is 1. The number of nitrogens with one attached hydrogen (secondary N) is 1. The van der Waals surface area contributed by atoms with Crippen LogP contribution >= 0.6 is 0 Å². The van der Waals surface area contributed by atoms with Crippen LogP contribution in [0.3, 0.4) is 0 Å². The average molecular weight is 595 g/mol. The molecule has 0 aliphatic heterocycles. The molecule has 0 fully saturated rings. The minimum Gasteiger partial charge on any atom is -0.494 e. The second-order valence-electron chi connectivity index (χ2n) is 8.63. The second-order valence-corrected chi connectivity index (χ2v) is 12.4. The average Bonchev–Trinajstić information content (AvgIpc) is 3.51. The molecule has 214 valence electrons. The number of anilines is 1. The van der Waals surface area contributed by atoms with Gasteiger partial charge in [0.15, 0.2) is 15.7 Å². The van der Waals surface area contributed by atoms with Crippen molar-refractivity contribution >= 4 is 25.8 Å². The highest BCUT2D eigenvalue weighted by molar-refractivity contribution is 7.92. The first kappa shape index (κ1) is 29.0. The van der Waals surface area contributed by atoms with Crippen LogP contribution in [0.15, 0.2) is 53.6 Å². The number of aromatic nitrogens is 5. The van der Waals surface area contributed by atoms with Crippen molar-refractivity contribution in [1.29, 1.82) is 0 Å². The standard InChI is InChI=1S/C24H27FN6O7S2/c1-30-12-11-17(28-30)23-26-27-24(31(23)22-18(36-2)7-6-8-19(22)37-3)29-40(34,35)14-20(38-4)16-10-9-15(25)13-21(16)39(5,32)33/h6-13,20H,14H2,1-5H3,(H,27,29)/t20-/m0/s1. The van der Waals surface area contributed by atoms with E-state index in [1.165, 1.54) is 32.0 Å². The number of sulfone groups is 1. The van der Waals surface area contributed by atoms with Gasteiger partial charge < -0.3 is 14.2 Å². The van der Waals surface area contributed by atoms with Gasteiger partial charge in [-0.1, -0.05) is 12.1 Å². The van der Waals surface area contributed by atoms with Crippen molar-refractivity contribution in [3.05, 3.63) is 60.0 Å². The van der Waals surface area contributed by atoms with Crippen molar-refractivity contribution in [1.82, 2.24) is 24.5 Å². The first-order valence-electron chi connectivity index (χ1n) is 11.6. The Hall–Kier alpha value is -4.02. The van der Waals surface area contributed by atoms with E-state index in [4.69, 9.17) is 14.2 Å². The van der Waals surface area contributed by atoms with Gasteiger partial charge >= 0.3 is 0 Å². The maximum atomic E-state index is 13.9. The third kappa shape index (κ3) is 5.93. The van der Waals surface area contributed by atoms with Crippen LogP contribution in [0.5, 0.6) is 11.5 Å². The quantitative estimate of drug-likeness (QED) is 0.273. The SMILES string of the molecule is COc1cccc(OC)c1-n1c(NS(=O)(=O)C[C@H](OC)c2ccc(F)cc2S(C)(=O)=O)nnc1-c1ccn(C)n1. The van der Waals surface area contributed by atoms with Crippen LogP contribution in [0.1, 0.15) is 11.7 Å². The van der Waals surface area contributed by atoms with Crippen molar-refractivity contribution in [2.75, 3.05) is 38.1 Å². The number of hydrogen-bond donors (Lipinski definition) is 1. The smallest absolute Gasteiger partial charge is 0.243 e. The molecule has 1 atom stereocenters. The van der Waals surface area contributed by atoms with Crippen LogP contribution < -0.4 is 14.2 Å². The molecular formula is C24H27FN6O7S2. The van der Waals surface area contributed by atoms with E-state index in [0.717, 1.165) is 18.4 Å². The second kappa shape index (κ2) is 11.2. The zero-order valence-corrected chi connectivity index (χ0v) is 23.8. The van der Waals surface area contributed by atoms with Gasteiger partial charge in [-0.15, -0.1) is 10.2 Å². The Morgan fingerprint density at radius 3 is 2.23 bits per heavy atom. The number of nitrogens with zero attached hydrogens (tertiary/aromatic N) is 5. The summed E-state index contributed by atoms with van der Waals surface area (Å²) in [5, 5.41) is 12.6. The summed E-state index contributed by atoms with van der Waals surface area (Å²) in [6.45, 7) is 0. The number of rotatable bonds is 11.